The number of ketones is 1. The van der Waals surface area contributed by atoms with Crippen molar-refractivity contribution in [2.45, 2.75) is 110 Å². The topological polar surface area (TPSA) is 78.6 Å². The Bertz CT molecular complexity index is 422. The lowest BCUT2D eigenvalue weighted by Gasteiger charge is -2.29. The second kappa shape index (κ2) is 13.3. The molecule has 0 aromatic rings. The lowest BCUT2D eigenvalue weighted by atomic mass is 9.83. The van der Waals surface area contributed by atoms with Gasteiger partial charge in [0.15, 0.2) is 0 Å². The van der Waals surface area contributed by atoms with Gasteiger partial charge in [0.1, 0.15) is 5.78 Å². The van der Waals surface area contributed by atoms with Crippen LogP contribution in [0.15, 0.2) is 0 Å². The minimum atomic E-state index is -0.295. The first-order valence-electron chi connectivity index (χ1n) is 10.9. The third kappa shape index (κ3) is 10.8. The number of amides is 1. The summed E-state index contributed by atoms with van der Waals surface area (Å²) < 4.78 is 11.3. The molecule has 5 nitrogen and oxygen atoms in total. The van der Waals surface area contributed by atoms with Crippen LogP contribution >= 0.6 is 0 Å². The van der Waals surface area contributed by atoms with E-state index >= 15 is 0 Å². The zero-order valence-corrected chi connectivity index (χ0v) is 17.9. The molecule has 2 saturated carbocycles. The molecule has 0 aromatic carbocycles. The van der Waals surface area contributed by atoms with Crippen LogP contribution in [0.4, 0.5) is 0 Å². The Labute approximate surface area is 165 Å². The summed E-state index contributed by atoms with van der Waals surface area (Å²) in [6.07, 6.45) is 11.6. The Kier molecular flexibility index (Phi) is 11.8. The van der Waals surface area contributed by atoms with Crippen molar-refractivity contribution in [2.24, 2.45) is 17.6 Å². The van der Waals surface area contributed by atoms with Crippen LogP contribution in [0.2, 0.25) is 0 Å². The van der Waals surface area contributed by atoms with Gasteiger partial charge < -0.3 is 15.2 Å². The Hall–Kier alpha value is -0.940. The molecule has 0 saturated heterocycles. The maximum atomic E-state index is 11.5. The summed E-state index contributed by atoms with van der Waals surface area (Å²) in [7, 11) is 0. The number of carbonyl (C=O) groups excluding carboxylic acids is 2. The van der Waals surface area contributed by atoms with E-state index in [0.29, 0.717) is 36.9 Å². The molecule has 0 aliphatic heterocycles. The van der Waals surface area contributed by atoms with Gasteiger partial charge in [-0.15, -0.1) is 0 Å². The maximum absolute atomic E-state index is 11.5. The van der Waals surface area contributed by atoms with Crippen molar-refractivity contribution >= 4 is 11.7 Å². The number of carbonyl (C=O) groups is 2. The van der Waals surface area contributed by atoms with Crippen molar-refractivity contribution in [1.29, 1.82) is 0 Å². The molecule has 27 heavy (non-hydrogen) atoms. The van der Waals surface area contributed by atoms with Gasteiger partial charge in [0, 0.05) is 18.3 Å². The number of nitrogens with two attached hydrogens (primary N) is 1. The van der Waals surface area contributed by atoms with Gasteiger partial charge in [-0.05, 0) is 52.4 Å². The van der Waals surface area contributed by atoms with E-state index in [-0.39, 0.29) is 17.9 Å². The van der Waals surface area contributed by atoms with E-state index in [1.54, 1.807) is 0 Å². The molecule has 5 heteroatoms. The zero-order chi connectivity index (χ0) is 20.2. The van der Waals surface area contributed by atoms with E-state index in [1.165, 1.54) is 19.3 Å². The monoisotopic (exact) mass is 383 g/mol. The van der Waals surface area contributed by atoms with Crippen LogP contribution in [0.25, 0.3) is 0 Å². The molecule has 0 bridgehead atoms. The predicted molar refractivity (Wildman–Crippen MR) is 108 cm³/mol. The number of ether oxygens (including phenoxy) is 2. The molecule has 0 spiro atoms. The highest BCUT2D eigenvalue weighted by atomic mass is 16.5. The van der Waals surface area contributed by atoms with Crippen LogP contribution in [0.3, 0.4) is 0 Å². The van der Waals surface area contributed by atoms with Crippen LogP contribution in [0, 0.1) is 11.8 Å². The van der Waals surface area contributed by atoms with E-state index < -0.39 is 0 Å². The molecule has 0 atom stereocenters. The van der Waals surface area contributed by atoms with Crippen molar-refractivity contribution in [3.05, 3.63) is 0 Å². The summed E-state index contributed by atoms with van der Waals surface area (Å²) in [5.41, 5.74) is 5.05. The highest BCUT2D eigenvalue weighted by molar-refractivity contribution is 5.82. The van der Waals surface area contributed by atoms with Crippen LogP contribution in [-0.4, -0.2) is 36.6 Å². The number of Topliss-reactive ketones (excluding diaryl/α,β-unsaturated/α-hetero) is 1. The summed E-state index contributed by atoms with van der Waals surface area (Å²) in [5, 5.41) is 0. The molecule has 2 aliphatic rings. The molecule has 158 valence electrons. The molecule has 0 radical (unpaired) electrons. The fraction of sp³-hybridized carbons (Fsp3) is 0.909. The number of rotatable bonds is 8. The number of hydrogen-bond acceptors (Lipinski definition) is 4. The Balaban J connectivity index is 0.000000289. The molecule has 1 amide bonds. The summed E-state index contributed by atoms with van der Waals surface area (Å²) in [4.78, 5) is 22.0. The van der Waals surface area contributed by atoms with Crippen LogP contribution in [0.1, 0.15) is 91.9 Å². The third-order valence-electron chi connectivity index (χ3n) is 5.36. The first kappa shape index (κ1) is 24.1. The van der Waals surface area contributed by atoms with E-state index in [2.05, 4.69) is 13.8 Å². The van der Waals surface area contributed by atoms with Crippen molar-refractivity contribution in [3.63, 3.8) is 0 Å². The smallest absolute Gasteiger partial charge is 0.219 e. The molecular formula is C22H41NO4. The molecule has 0 aromatic heterocycles. The number of hydrogen-bond donors (Lipinski definition) is 1. The quantitative estimate of drug-likeness (QED) is 0.673. The van der Waals surface area contributed by atoms with Gasteiger partial charge in [-0.1, -0.05) is 33.1 Å². The van der Waals surface area contributed by atoms with E-state index in [0.717, 1.165) is 38.5 Å². The van der Waals surface area contributed by atoms with Crippen LogP contribution < -0.4 is 5.73 Å². The predicted octanol–water partition coefficient (Wildman–Crippen LogP) is 4.41. The molecule has 0 unspecified atom stereocenters. The van der Waals surface area contributed by atoms with Gasteiger partial charge in [-0.25, -0.2) is 0 Å². The standard InChI is InChI=1S/C12H23NO3.C10H18O/c1-9(2)16-11-5-3-10(4-6-11)15-8-7-12(13)14;1-8(2)10(11)9-6-4-3-5-7-9/h9-11H,3-8H2,1-2H3,(H2,13,14);8-9H,3-7H2,1-2H3. The van der Waals surface area contributed by atoms with Gasteiger partial charge in [-0.3, -0.25) is 9.59 Å². The highest BCUT2D eigenvalue weighted by Gasteiger charge is 2.23. The normalized spacial score (nSPS) is 23.8. The zero-order valence-electron chi connectivity index (χ0n) is 17.9. The van der Waals surface area contributed by atoms with Crippen molar-refractivity contribution in [2.75, 3.05) is 6.61 Å². The lowest BCUT2D eigenvalue weighted by Crippen LogP contribution is -2.29. The van der Waals surface area contributed by atoms with Gasteiger partial charge in [0.25, 0.3) is 0 Å². The van der Waals surface area contributed by atoms with Crippen molar-refractivity contribution < 1.29 is 19.1 Å². The fourth-order valence-electron chi connectivity index (χ4n) is 3.90. The summed E-state index contributed by atoms with van der Waals surface area (Å²) >= 11 is 0. The van der Waals surface area contributed by atoms with Crippen molar-refractivity contribution in [1.82, 2.24) is 0 Å². The van der Waals surface area contributed by atoms with Gasteiger partial charge >= 0.3 is 0 Å². The minimum Gasteiger partial charge on any atom is -0.378 e. The fourth-order valence-corrected chi connectivity index (χ4v) is 3.90. The average Bonchev–Trinajstić information content (AvgIpc) is 2.63. The van der Waals surface area contributed by atoms with E-state index in [1.807, 2.05) is 13.8 Å². The third-order valence-corrected chi connectivity index (χ3v) is 5.36. The van der Waals surface area contributed by atoms with E-state index in [9.17, 15) is 9.59 Å². The Morgan fingerprint density at radius 1 is 0.889 bits per heavy atom. The molecule has 2 N–H and O–H groups in total. The van der Waals surface area contributed by atoms with E-state index in [4.69, 9.17) is 15.2 Å². The summed E-state index contributed by atoms with van der Waals surface area (Å²) in [6, 6.07) is 0. The average molecular weight is 384 g/mol. The molecule has 0 heterocycles. The molecule has 2 fully saturated rings. The highest BCUT2D eigenvalue weighted by Crippen LogP contribution is 2.26. The summed E-state index contributed by atoms with van der Waals surface area (Å²) in [5.74, 6) is 0.850. The van der Waals surface area contributed by atoms with Crippen LogP contribution in [0.5, 0.6) is 0 Å². The van der Waals surface area contributed by atoms with Crippen LogP contribution in [-0.2, 0) is 19.1 Å². The second-order valence-corrected chi connectivity index (χ2v) is 8.56. The first-order valence-corrected chi connectivity index (χ1v) is 10.9. The largest absolute Gasteiger partial charge is 0.378 e. The van der Waals surface area contributed by atoms with Gasteiger partial charge in [-0.2, -0.15) is 0 Å². The maximum Gasteiger partial charge on any atom is 0.219 e. The van der Waals surface area contributed by atoms with Gasteiger partial charge in [0.05, 0.1) is 24.9 Å². The Morgan fingerprint density at radius 3 is 1.93 bits per heavy atom. The van der Waals surface area contributed by atoms with Crippen molar-refractivity contribution in [3.8, 4) is 0 Å². The molecule has 2 aliphatic carbocycles. The SMILES string of the molecule is CC(C)C(=O)C1CCCCC1.CC(C)OC1CCC(OCCC(N)=O)CC1. The number of primary amides is 1. The minimum absolute atomic E-state index is 0.248. The molecule has 2 rings (SSSR count). The summed E-state index contributed by atoms with van der Waals surface area (Å²) in [6.45, 7) is 8.61. The second-order valence-electron chi connectivity index (χ2n) is 8.56. The Morgan fingerprint density at radius 2 is 1.44 bits per heavy atom. The first-order chi connectivity index (χ1) is 12.8. The lowest BCUT2D eigenvalue weighted by molar-refractivity contribution is -0.126. The van der Waals surface area contributed by atoms with Gasteiger partial charge in [0.2, 0.25) is 5.91 Å². The molecular weight excluding hydrogens is 342 g/mol.